The maximum absolute atomic E-state index is 12.0. The van der Waals surface area contributed by atoms with Gasteiger partial charge in [-0.15, -0.1) is 0 Å². The molecule has 1 atom stereocenters. The number of fused-ring (bicyclic) bond motifs is 1. The van der Waals surface area contributed by atoms with Crippen LogP contribution in [0.5, 0.6) is 0 Å². The summed E-state index contributed by atoms with van der Waals surface area (Å²) in [6.45, 7) is 1.78. The highest BCUT2D eigenvalue weighted by atomic mass is 16.5. The maximum atomic E-state index is 12.0. The van der Waals surface area contributed by atoms with E-state index in [2.05, 4.69) is 0 Å². The van der Waals surface area contributed by atoms with E-state index in [0.717, 1.165) is 5.56 Å². The summed E-state index contributed by atoms with van der Waals surface area (Å²) in [5, 5.41) is 0. The van der Waals surface area contributed by atoms with Crippen LogP contribution in [0.2, 0.25) is 0 Å². The van der Waals surface area contributed by atoms with Crippen LogP contribution in [0.3, 0.4) is 0 Å². The Balaban J connectivity index is 1.82. The molecule has 4 heteroatoms. The van der Waals surface area contributed by atoms with Crippen LogP contribution in [-0.2, 0) is 4.74 Å². The minimum Gasteiger partial charge on any atom is -0.458 e. The molecule has 0 radical (unpaired) electrons. The molecular formula is C15H12O4. The number of cyclic esters (lactones) is 1. The number of Topliss-reactive ketones (excluding diaryl/α,β-unsaturated/α-hetero) is 1. The molecule has 1 aliphatic heterocycles. The lowest BCUT2D eigenvalue weighted by molar-refractivity contribution is 0.0364. The molecule has 0 saturated carbocycles. The Kier molecular flexibility index (Phi) is 2.71. The Hall–Kier alpha value is -2.36. The molecule has 1 aliphatic rings. The monoisotopic (exact) mass is 256 g/mol. The van der Waals surface area contributed by atoms with Gasteiger partial charge in [-0.05, 0) is 25.1 Å². The summed E-state index contributed by atoms with van der Waals surface area (Å²) in [6.07, 6.45) is -0.406. The van der Waals surface area contributed by atoms with Crippen molar-refractivity contribution in [3.63, 3.8) is 0 Å². The van der Waals surface area contributed by atoms with Crippen LogP contribution in [0.25, 0.3) is 0 Å². The van der Waals surface area contributed by atoms with Gasteiger partial charge in [0.05, 0.1) is 12.0 Å². The fraction of sp³-hybridized carbons (Fsp3) is 0.200. The predicted molar refractivity (Wildman–Crippen MR) is 67.0 cm³/mol. The second kappa shape index (κ2) is 4.39. The maximum Gasteiger partial charge on any atom is 0.339 e. The Bertz CT molecular complexity index is 654. The second-order valence-electron chi connectivity index (χ2n) is 4.52. The molecule has 0 N–H and O–H groups in total. The summed E-state index contributed by atoms with van der Waals surface area (Å²) >= 11 is 0. The molecule has 1 unspecified atom stereocenters. The molecule has 2 heterocycles. The van der Waals surface area contributed by atoms with Gasteiger partial charge < -0.3 is 9.15 Å². The van der Waals surface area contributed by atoms with Crippen molar-refractivity contribution in [3.8, 4) is 0 Å². The molecule has 0 spiro atoms. The number of esters is 1. The Labute approximate surface area is 110 Å². The third kappa shape index (κ3) is 2.05. The first kappa shape index (κ1) is 11.7. The van der Waals surface area contributed by atoms with Crippen LogP contribution in [0.1, 0.15) is 44.8 Å². The van der Waals surface area contributed by atoms with Crippen LogP contribution in [-0.4, -0.2) is 11.8 Å². The van der Waals surface area contributed by atoms with E-state index in [4.69, 9.17) is 9.15 Å². The lowest BCUT2D eigenvalue weighted by atomic mass is 10.0. The van der Waals surface area contributed by atoms with Crippen LogP contribution in [0.15, 0.2) is 40.8 Å². The minimum absolute atomic E-state index is 0.107. The van der Waals surface area contributed by atoms with Crippen molar-refractivity contribution >= 4 is 11.8 Å². The molecule has 0 aliphatic carbocycles. The number of hydrogen-bond acceptors (Lipinski definition) is 4. The van der Waals surface area contributed by atoms with Gasteiger partial charge >= 0.3 is 5.97 Å². The molecule has 0 amide bonds. The highest BCUT2D eigenvalue weighted by molar-refractivity contribution is 5.97. The highest BCUT2D eigenvalue weighted by Crippen LogP contribution is 2.33. The molecular weight excluding hydrogens is 244 g/mol. The van der Waals surface area contributed by atoms with Gasteiger partial charge in [-0.3, -0.25) is 4.79 Å². The van der Waals surface area contributed by atoms with Crippen LogP contribution in [0.4, 0.5) is 0 Å². The van der Waals surface area contributed by atoms with Gasteiger partial charge in [-0.2, -0.15) is 0 Å². The number of aryl methyl sites for hydroxylation is 1. The summed E-state index contributed by atoms with van der Waals surface area (Å²) in [4.78, 5) is 23.7. The van der Waals surface area contributed by atoms with E-state index in [9.17, 15) is 9.59 Å². The number of carbonyl (C=O) groups is 2. The zero-order valence-corrected chi connectivity index (χ0v) is 10.4. The summed E-state index contributed by atoms with van der Waals surface area (Å²) in [5.74, 6) is 0.455. The molecule has 96 valence electrons. The number of ketones is 1. The smallest absolute Gasteiger partial charge is 0.339 e. The third-order valence-electron chi connectivity index (χ3n) is 3.16. The fourth-order valence-electron chi connectivity index (χ4n) is 2.22. The topological polar surface area (TPSA) is 56.5 Å². The van der Waals surface area contributed by atoms with Crippen LogP contribution >= 0.6 is 0 Å². The average molecular weight is 256 g/mol. The Morgan fingerprint density at radius 1 is 1.21 bits per heavy atom. The average Bonchev–Trinajstić information content (AvgIpc) is 2.96. The summed E-state index contributed by atoms with van der Waals surface area (Å²) in [5.41, 5.74) is 1.31. The lowest BCUT2D eigenvalue weighted by Crippen LogP contribution is -2.07. The third-order valence-corrected chi connectivity index (χ3v) is 3.16. The van der Waals surface area contributed by atoms with E-state index in [1.54, 1.807) is 31.2 Å². The van der Waals surface area contributed by atoms with E-state index >= 15 is 0 Å². The van der Waals surface area contributed by atoms with Gasteiger partial charge in [0.1, 0.15) is 11.9 Å². The van der Waals surface area contributed by atoms with Crippen molar-refractivity contribution in [3.05, 3.63) is 59.0 Å². The van der Waals surface area contributed by atoms with E-state index in [-0.39, 0.29) is 18.2 Å². The Morgan fingerprint density at radius 2 is 2.00 bits per heavy atom. The molecule has 3 rings (SSSR count). The van der Waals surface area contributed by atoms with Crippen molar-refractivity contribution < 1.29 is 18.7 Å². The molecule has 2 aromatic rings. The van der Waals surface area contributed by atoms with E-state index in [1.165, 1.54) is 0 Å². The number of furan rings is 1. The zero-order valence-electron chi connectivity index (χ0n) is 10.4. The molecule has 0 saturated heterocycles. The van der Waals surface area contributed by atoms with Gasteiger partial charge in [0, 0.05) is 5.56 Å². The van der Waals surface area contributed by atoms with E-state index < -0.39 is 6.10 Å². The van der Waals surface area contributed by atoms with Crippen molar-refractivity contribution in [2.24, 2.45) is 0 Å². The first-order valence-electron chi connectivity index (χ1n) is 6.04. The summed E-state index contributed by atoms with van der Waals surface area (Å²) in [7, 11) is 0. The second-order valence-corrected chi connectivity index (χ2v) is 4.52. The molecule has 1 aromatic carbocycles. The van der Waals surface area contributed by atoms with Gasteiger partial charge in [0.25, 0.3) is 0 Å². The fourth-order valence-corrected chi connectivity index (χ4v) is 2.22. The van der Waals surface area contributed by atoms with Gasteiger partial charge in [-0.1, -0.05) is 18.2 Å². The van der Waals surface area contributed by atoms with Gasteiger partial charge in [-0.25, -0.2) is 4.79 Å². The van der Waals surface area contributed by atoms with Gasteiger partial charge in [0.2, 0.25) is 5.78 Å². The summed E-state index contributed by atoms with van der Waals surface area (Å²) < 4.78 is 10.5. The molecule has 0 bridgehead atoms. The van der Waals surface area contributed by atoms with Crippen molar-refractivity contribution in [2.45, 2.75) is 19.4 Å². The van der Waals surface area contributed by atoms with E-state index in [1.807, 2.05) is 12.1 Å². The summed E-state index contributed by atoms with van der Waals surface area (Å²) in [6, 6.07) is 10.5. The molecule has 19 heavy (non-hydrogen) atoms. The van der Waals surface area contributed by atoms with Crippen molar-refractivity contribution in [2.75, 3.05) is 0 Å². The Morgan fingerprint density at radius 3 is 2.74 bits per heavy atom. The normalized spacial score (nSPS) is 17.1. The molecule has 4 nitrogen and oxygen atoms in total. The predicted octanol–water partition coefficient (Wildman–Crippen LogP) is 3.07. The molecule has 1 aromatic heterocycles. The molecule has 0 fully saturated rings. The van der Waals surface area contributed by atoms with Crippen molar-refractivity contribution in [1.82, 2.24) is 0 Å². The number of benzene rings is 1. The lowest BCUT2D eigenvalue weighted by Gasteiger charge is -2.08. The number of hydrogen-bond donors (Lipinski definition) is 0. The zero-order chi connectivity index (χ0) is 13.4. The highest BCUT2D eigenvalue weighted by Gasteiger charge is 2.32. The quantitative estimate of drug-likeness (QED) is 0.625. The van der Waals surface area contributed by atoms with Gasteiger partial charge in [0.15, 0.2) is 5.76 Å². The van der Waals surface area contributed by atoms with Crippen molar-refractivity contribution in [1.29, 1.82) is 0 Å². The standard InChI is InChI=1S/C15H12O4/c1-9-6-7-13(18-9)12(16)8-14-10-4-2-3-5-11(10)15(17)19-14/h2-7,14H,8H2,1H3. The number of rotatable bonds is 3. The van der Waals surface area contributed by atoms with Crippen LogP contribution < -0.4 is 0 Å². The van der Waals surface area contributed by atoms with E-state index in [0.29, 0.717) is 17.1 Å². The largest absolute Gasteiger partial charge is 0.458 e. The number of ether oxygens (including phenoxy) is 1. The minimum atomic E-state index is -0.512. The SMILES string of the molecule is Cc1ccc(C(=O)CC2OC(=O)c3ccccc32)o1. The number of carbonyl (C=O) groups excluding carboxylic acids is 2. The van der Waals surface area contributed by atoms with Crippen LogP contribution in [0, 0.1) is 6.92 Å². The first-order valence-corrected chi connectivity index (χ1v) is 6.04. The first-order chi connectivity index (χ1) is 9.15.